The van der Waals surface area contributed by atoms with Gasteiger partial charge in [0.15, 0.2) is 4.80 Å². The Balaban J connectivity index is 2.06. The zero-order valence-electron chi connectivity index (χ0n) is 21.2. The molecule has 0 amide bonds. The third kappa shape index (κ3) is 5.32. The van der Waals surface area contributed by atoms with Gasteiger partial charge in [-0.25, -0.2) is 9.79 Å². The van der Waals surface area contributed by atoms with E-state index in [-0.39, 0.29) is 17.9 Å². The average molecular weight is 666 g/mol. The summed E-state index contributed by atoms with van der Waals surface area (Å²) in [7, 11) is 3.09. The molecule has 1 aliphatic rings. The Morgan fingerprint density at radius 3 is 2.47 bits per heavy atom. The zero-order chi connectivity index (χ0) is 27.6. The molecule has 3 aromatic rings. The van der Waals surface area contributed by atoms with Crippen molar-refractivity contribution < 1.29 is 24.1 Å². The molecule has 0 spiro atoms. The molecule has 2 aromatic carbocycles. The number of aromatic nitrogens is 1. The fourth-order valence-corrected chi connectivity index (χ4v) is 6.53. The van der Waals surface area contributed by atoms with Crippen LogP contribution in [0.4, 0.5) is 0 Å². The lowest BCUT2D eigenvalue weighted by Gasteiger charge is -2.27. The van der Waals surface area contributed by atoms with Crippen LogP contribution in [-0.4, -0.2) is 36.5 Å². The lowest BCUT2D eigenvalue weighted by atomic mass is 9.93. The van der Waals surface area contributed by atoms with Crippen LogP contribution in [0.5, 0.6) is 17.2 Å². The van der Waals surface area contributed by atoms with Gasteiger partial charge in [-0.1, -0.05) is 24.7 Å². The number of rotatable bonds is 8. The number of benzene rings is 2. The van der Waals surface area contributed by atoms with E-state index in [1.165, 1.54) is 23.0 Å². The van der Waals surface area contributed by atoms with Gasteiger partial charge in [0.05, 0.1) is 45.6 Å². The van der Waals surface area contributed by atoms with E-state index in [4.69, 9.17) is 19.2 Å². The smallest absolute Gasteiger partial charge is 0.338 e. The first kappa shape index (κ1) is 28.1. The van der Waals surface area contributed by atoms with Crippen molar-refractivity contribution in [1.29, 1.82) is 0 Å². The molecule has 38 heavy (non-hydrogen) atoms. The Kier molecular flexibility index (Phi) is 8.79. The Hall–Kier alpha value is -2.89. The molecule has 0 fully saturated rings. The van der Waals surface area contributed by atoms with Gasteiger partial charge in [-0.3, -0.25) is 9.36 Å². The molecule has 2 heterocycles. The molecule has 1 aliphatic heterocycles. The molecule has 0 unspecified atom stereocenters. The second-order valence-electron chi connectivity index (χ2n) is 8.35. The third-order valence-electron chi connectivity index (χ3n) is 5.96. The quantitative estimate of drug-likeness (QED) is 0.346. The summed E-state index contributed by atoms with van der Waals surface area (Å²) in [5.41, 5.74) is 1.83. The van der Waals surface area contributed by atoms with Crippen LogP contribution < -0.4 is 24.4 Å². The van der Waals surface area contributed by atoms with Crippen molar-refractivity contribution >= 4 is 55.2 Å². The van der Waals surface area contributed by atoms with Crippen molar-refractivity contribution in [3.8, 4) is 17.2 Å². The number of halogens is 2. The van der Waals surface area contributed by atoms with Crippen LogP contribution >= 0.6 is 43.2 Å². The summed E-state index contributed by atoms with van der Waals surface area (Å²) < 4.78 is 19.5. The second-order valence-corrected chi connectivity index (χ2v) is 11.1. The van der Waals surface area contributed by atoms with E-state index in [0.717, 1.165) is 6.42 Å². The summed E-state index contributed by atoms with van der Waals surface area (Å²) in [6.07, 6.45) is 3.00. The molecule has 0 bridgehead atoms. The van der Waals surface area contributed by atoms with Crippen LogP contribution in [0.25, 0.3) is 6.08 Å². The maximum absolute atomic E-state index is 13.9. The van der Waals surface area contributed by atoms with E-state index in [1.54, 1.807) is 50.4 Å². The lowest BCUT2D eigenvalue weighted by molar-refractivity contribution is -0.139. The first-order chi connectivity index (χ1) is 18.2. The predicted octanol–water partition coefficient (Wildman–Crippen LogP) is 4.83. The molecule has 200 valence electrons. The van der Waals surface area contributed by atoms with Gasteiger partial charge in [0.25, 0.3) is 5.56 Å². The van der Waals surface area contributed by atoms with Crippen molar-refractivity contribution in [2.24, 2.45) is 4.99 Å². The number of methoxy groups -OCH3 is 2. The lowest BCUT2D eigenvalue weighted by Crippen LogP contribution is -2.40. The monoisotopic (exact) mass is 664 g/mol. The van der Waals surface area contributed by atoms with Crippen molar-refractivity contribution in [3.63, 3.8) is 0 Å². The van der Waals surface area contributed by atoms with Gasteiger partial charge in [0.1, 0.15) is 23.3 Å². The number of thiazole rings is 1. The van der Waals surface area contributed by atoms with Gasteiger partial charge in [0, 0.05) is 5.56 Å². The molecule has 4 rings (SSSR count). The Bertz CT molecular complexity index is 1590. The Morgan fingerprint density at radius 2 is 1.87 bits per heavy atom. The predicted molar refractivity (Wildman–Crippen MR) is 153 cm³/mol. The highest BCUT2D eigenvalue weighted by molar-refractivity contribution is 9.11. The van der Waals surface area contributed by atoms with Crippen LogP contribution in [-0.2, 0) is 9.53 Å². The topological polar surface area (TPSA) is 99.4 Å². The van der Waals surface area contributed by atoms with E-state index in [9.17, 15) is 14.7 Å². The molecule has 1 N–H and O–H groups in total. The fourth-order valence-electron chi connectivity index (χ4n) is 4.29. The number of allylic oxidation sites excluding steroid dienone is 1. The van der Waals surface area contributed by atoms with Crippen LogP contribution in [0, 0.1) is 0 Å². The molecular weight excluding hydrogens is 640 g/mol. The minimum absolute atomic E-state index is 0.0667. The molecular formula is C27H26Br2N2O6S. The summed E-state index contributed by atoms with van der Waals surface area (Å²) in [6.45, 7) is 3.92. The molecule has 1 atom stereocenters. The highest BCUT2D eigenvalue weighted by atomic mass is 79.9. The highest BCUT2D eigenvalue weighted by Gasteiger charge is 2.36. The number of hydrogen-bond donors (Lipinski definition) is 1. The van der Waals surface area contributed by atoms with E-state index in [1.807, 2.05) is 6.92 Å². The molecule has 0 aliphatic carbocycles. The highest BCUT2D eigenvalue weighted by Crippen LogP contribution is 2.39. The van der Waals surface area contributed by atoms with E-state index in [2.05, 4.69) is 31.9 Å². The van der Waals surface area contributed by atoms with Crippen LogP contribution in [0.3, 0.4) is 0 Å². The van der Waals surface area contributed by atoms with E-state index < -0.39 is 12.0 Å². The van der Waals surface area contributed by atoms with Gasteiger partial charge in [0.2, 0.25) is 0 Å². The van der Waals surface area contributed by atoms with Gasteiger partial charge >= 0.3 is 5.97 Å². The molecule has 1 aromatic heterocycles. The molecule has 8 nitrogen and oxygen atoms in total. The number of fused-ring (bicyclic) bond motifs is 1. The Morgan fingerprint density at radius 1 is 1.16 bits per heavy atom. The summed E-state index contributed by atoms with van der Waals surface area (Å²) in [5.74, 6) is 0.586. The maximum atomic E-state index is 13.9. The number of aromatic hydroxyl groups is 1. The first-order valence-corrected chi connectivity index (χ1v) is 14.3. The first-order valence-electron chi connectivity index (χ1n) is 11.9. The SMILES string of the molecule is CCCC1=C(C(=O)OCC)[C@@H](c2cc(OC)ccc2OC)n2c(s/c(=C\c3cc(Br)c(O)c(Br)c3)c2=O)=N1. The maximum Gasteiger partial charge on any atom is 0.338 e. The third-order valence-corrected chi connectivity index (χ3v) is 8.15. The number of ether oxygens (including phenoxy) is 3. The molecule has 0 saturated heterocycles. The number of carbonyl (C=O) groups excluding carboxylic acids is 1. The largest absolute Gasteiger partial charge is 0.506 e. The summed E-state index contributed by atoms with van der Waals surface area (Å²) in [5, 5.41) is 10.1. The number of carbonyl (C=O) groups is 1. The minimum atomic E-state index is -0.836. The Labute approximate surface area is 240 Å². The minimum Gasteiger partial charge on any atom is -0.506 e. The van der Waals surface area contributed by atoms with Crippen LogP contribution in [0.1, 0.15) is 43.9 Å². The van der Waals surface area contributed by atoms with Gasteiger partial charge in [-0.15, -0.1) is 0 Å². The van der Waals surface area contributed by atoms with Crippen LogP contribution in [0.2, 0.25) is 0 Å². The number of phenols is 1. The molecule has 11 heteroatoms. The second kappa shape index (κ2) is 11.9. The number of nitrogens with zero attached hydrogens (tertiary/aromatic N) is 2. The fraction of sp³-hybridized carbons (Fsp3) is 0.296. The van der Waals surface area contributed by atoms with Crippen molar-refractivity contribution in [2.75, 3.05) is 20.8 Å². The van der Waals surface area contributed by atoms with Gasteiger partial charge in [-0.2, -0.15) is 0 Å². The van der Waals surface area contributed by atoms with Gasteiger partial charge < -0.3 is 19.3 Å². The van der Waals surface area contributed by atoms with Crippen molar-refractivity contribution in [1.82, 2.24) is 4.57 Å². The van der Waals surface area contributed by atoms with Gasteiger partial charge in [-0.05, 0) is 87.2 Å². The summed E-state index contributed by atoms with van der Waals surface area (Å²) in [6, 6.07) is 7.87. The summed E-state index contributed by atoms with van der Waals surface area (Å²) in [4.78, 5) is 32.6. The van der Waals surface area contributed by atoms with E-state index >= 15 is 0 Å². The van der Waals surface area contributed by atoms with Crippen LogP contribution in [0.15, 0.2) is 60.3 Å². The normalized spacial score (nSPS) is 15.2. The number of hydrogen-bond acceptors (Lipinski definition) is 8. The van der Waals surface area contributed by atoms with E-state index in [0.29, 0.717) is 58.6 Å². The average Bonchev–Trinajstić information content (AvgIpc) is 3.20. The molecule has 0 radical (unpaired) electrons. The van der Waals surface area contributed by atoms with Crippen molar-refractivity contribution in [3.05, 3.63) is 81.4 Å². The summed E-state index contributed by atoms with van der Waals surface area (Å²) >= 11 is 7.90. The standard InChI is InChI=1S/C27H26Br2N2O6S/c1-5-7-19-22(26(34)37-6-2)23(16-13-15(35-3)8-9-20(16)36-4)31-25(33)21(38-27(31)30-19)12-14-10-17(28)24(32)18(29)11-14/h8-13,23,32H,5-7H2,1-4H3/b21-12-/t23-/m1/s1. The zero-order valence-corrected chi connectivity index (χ0v) is 25.2. The number of phenolic OH excluding ortho intramolecular Hbond substituents is 1. The number of esters is 1. The van der Waals surface area contributed by atoms with Crippen molar-refractivity contribution in [2.45, 2.75) is 32.7 Å². The molecule has 0 saturated carbocycles.